The minimum atomic E-state index is -1.51. The third-order valence-corrected chi connectivity index (χ3v) is 1.03. The number of carbonyl (C=O) groups is 2. The first kappa shape index (κ1) is 11.5. The molecule has 2 N–H and O–H groups in total. The Hall–Kier alpha value is -1.50. The third-order valence-electron chi connectivity index (χ3n) is 1.03. The van der Waals surface area contributed by atoms with Crippen LogP contribution in [-0.2, 0) is 14.2 Å². The molecule has 1 atom stereocenters. The van der Waals surface area contributed by atoms with Crippen LogP contribution >= 0.6 is 0 Å². The van der Waals surface area contributed by atoms with Crippen molar-refractivity contribution in [3.63, 3.8) is 0 Å². The highest BCUT2D eigenvalue weighted by atomic mass is 16.7. The standard InChI is InChI=1S/C6H10O7/c1-11-6(10)13-4(2-7)3-12-5(8)9/h4,7H,2-3H2,1H3,(H,8,9). The molecule has 76 valence electrons. The predicted octanol–water partition coefficient (Wildman–Crippen LogP) is -0.175. The van der Waals surface area contributed by atoms with Crippen molar-refractivity contribution in [2.24, 2.45) is 0 Å². The average Bonchev–Trinajstić information content (AvgIpc) is 2.11. The maximum atomic E-state index is 10.5. The molecule has 13 heavy (non-hydrogen) atoms. The van der Waals surface area contributed by atoms with Crippen LogP contribution in [0.15, 0.2) is 0 Å². The molecule has 0 fully saturated rings. The van der Waals surface area contributed by atoms with Gasteiger partial charge in [-0.2, -0.15) is 0 Å². The van der Waals surface area contributed by atoms with E-state index in [1.165, 1.54) is 0 Å². The minimum Gasteiger partial charge on any atom is -0.450 e. The number of aliphatic hydroxyl groups excluding tert-OH is 1. The maximum absolute atomic E-state index is 10.5. The maximum Gasteiger partial charge on any atom is 0.508 e. The molecule has 0 amide bonds. The van der Waals surface area contributed by atoms with E-state index in [-0.39, 0.29) is 0 Å². The van der Waals surface area contributed by atoms with Crippen molar-refractivity contribution in [3.8, 4) is 0 Å². The fourth-order valence-electron chi connectivity index (χ4n) is 0.472. The summed E-state index contributed by atoms with van der Waals surface area (Å²) in [6, 6.07) is 0. The van der Waals surface area contributed by atoms with E-state index in [1.807, 2.05) is 0 Å². The van der Waals surface area contributed by atoms with Crippen LogP contribution in [0.3, 0.4) is 0 Å². The molecule has 7 heteroatoms. The molecule has 0 saturated carbocycles. The topological polar surface area (TPSA) is 102 Å². The molecule has 0 aliphatic rings. The Bertz CT molecular complexity index is 178. The molecule has 1 unspecified atom stereocenters. The first-order chi connectivity index (χ1) is 6.10. The second-order valence-electron chi connectivity index (χ2n) is 1.95. The normalized spacial score (nSPS) is 11.5. The van der Waals surface area contributed by atoms with Gasteiger partial charge in [0.05, 0.1) is 13.7 Å². The molecule has 0 heterocycles. The average molecular weight is 194 g/mol. The minimum absolute atomic E-state index is 0.430. The van der Waals surface area contributed by atoms with Crippen LogP contribution in [0.4, 0.5) is 9.59 Å². The number of methoxy groups -OCH3 is 1. The Morgan fingerprint density at radius 3 is 2.46 bits per heavy atom. The number of rotatable bonds is 4. The summed E-state index contributed by atoms with van der Waals surface area (Å²) in [4.78, 5) is 20.4. The van der Waals surface area contributed by atoms with Crippen LogP contribution in [-0.4, -0.2) is 49.0 Å². The molecule has 0 saturated heterocycles. The largest absolute Gasteiger partial charge is 0.508 e. The van der Waals surface area contributed by atoms with Crippen molar-refractivity contribution >= 4 is 12.3 Å². The summed E-state index contributed by atoms with van der Waals surface area (Å²) < 4.78 is 12.6. The van der Waals surface area contributed by atoms with Crippen LogP contribution in [0.2, 0.25) is 0 Å². The van der Waals surface area contributed by atoms with Gasteiger partial charge in [0, 0.05) is 0 Å². The Balaban J connectivity index is 3.75. The molecule has 0 aromatic carbocycles. The van der Waals surface area contributed by atoms with E-state index in [9.17, 15) is 9.59 Å². The van der Waals surface area contributed by atoms with Gasteiger partial charge in [0.25, 0.3) is 0 Å². The Labute approximate surface area is 73.8 Å². The van der Waals surface area contributed by atoms with Crippen molar-refractivity contribution in [1.82, 2.24) is 0 Å². The molecule has 0 bridgehead atoms. The van der Waals surface area contributed by atoms with E-state index in [4.69, 9.17) is 10.2 Å². The molecule has 0 aliphatic carbocycles. The number of ether oxygens (including phenoxy) is 3. The van der Waals surface area contributed by atoms with Crippen molar-refractivity contribution in [2.75, 3.05) is 20.3 Å². The van der Waals surface area contributed by atoms with Crippen molar-refractivity contribution in [2.45, 2.75) is 6.10 Å². The predicted molar refractivity (Wildman–Crippen MR) is 38.3 cm³/mol. The summed E-state index contributed by atoms with van der Waals surface area (Å²) in [5, 5.41) is 16.7. The third kappa shape index (κ3) is 5.74. The number of carbonyl (C=O) groups excluding carboxylic acids is 1. The van der Waals surface area contributed by atoms with E-state index >= 15 is 0 Å². The van der Waals surface area contributed by atoms with E-state index in [0.29, 0.717) is 0 Å². The number of carboxylic acid groups (broad SMARTS) is 1. The summed E-state index contributed by atoms with van der Waals surface area (Å²) in [5.74, 6) is 0. The van der Waals surface area contributed by atoms with Gasteiger partial charge >= 0.3 is 12.3 Å². The first-order valence-corrected chi connectivity index (χ1v) is 3.31. The van der Waals surface area contributed by atoms with Crippen LogP contribution in [0, 0.1) is 0 Å². The molecule has 7 nitrogen and oxygen atoms in total. The van der Waals surface area contributed by atoms with E-state index in [1.54, 1.807) is 0 Å². The molecule has 0 rings (SSSR count). The van der Waals surface area contributed by atoms with Gasteiger partial charge in [-0.1, -0.05) is 0 Å². The highest BCUT2D eigenvalue weighted by Gasteiger charge is 2.15. The van der Waals surface area contributed by atoms with Crippen LogP contribution in [0.5, 0.6) is 0 Å². The molecule has 0 aromatic rings. The molecular formula is C6H10O7. The lowest BCUT2D eigenvalue weighted by Crippen LogP contribution is -2.28. The van der Waals surface area contributed by atoms with E-state index < -0.39 is 31.6 Å². The molecule has 0 radical (unpaired) electrons. The molecule has 0 aliphatic heterocycles. The zero-order valence-corrected chi connectivity index (χ0v) is 6.93. The van der Waals surface area contributed by atoms with Gasteiger partial charge in [-0.05, 0) is 0 Å². The summed E-state index contributed by atoms with van der Waals surface area (Å²) in [6.45, 7) is -0.969. The zero-order chi connectivity index (χ0) is 10.3. The van der Waals surface area contributed by atoms with Gasteiger partial charge in [-0.3, -0.25) is 0 Å². The Kier molecular flexibility index (Phi) is 5.37. The number of hydrogen-bond acceptors (Lipinski definition) is 6. The summed E-state index contributed by atoms with van der Waals surface area (Å²) in [7, 11) is 1.09. The van der Waals surface area contributed by atoms with Crippen molar-refractivity contribution < 1.29 is 34.0 Å². The van der Waals surface area contributed by atoms with E-state index in [2.05, 4.69) is 14.2 Å². The second-order valence-corrected chi connectivity index (χ2v) is 1.95. The highest BCUT2D eigenvalue weighted by molar-refractivity contribution is 5.60. The van der Waals surface area contributed by atoms with Crippen molar-refractivity contribution in [1.29, 1.82) is 0 Å². The van der Waals surface area contributed by atoms with Crippen LogP contribution < -0.4 is 0 Å². The van der Waals surface area contributed by atoms with Gasteiger partial charge in [-0.25, -0.2) is 9.59 Å². The number of aliphatic hydroxyl groups is 1. The first-order valence-electron chi connectivity index (χ1n) is 3.31. The summed E-state index contributed by atoms with van der Waals surface area (Å²) in [6.07, 6.45) is -3.55. The van der Waals surface area contributed by atoms with Gasteiger partial charge in [0.1, 0.15) is 6.61 Å². The lowest BCUT2D eigenvalue weighted by molar-refractivity contribution is -0.0229. The monoisotopic (exact) mass is 194 g/mol. The van der Waals surface area contributed by atoms with Gasteiger partial charge in [0.15, 0.2) is 6.10 Å². The summed E-state index contributed by atoms with van der Waals surface area (Å²) >= 11 is 0. The molecule has 0 aromatic heterocycles. The Morgan fingerprint density at radius 2 is 2.08 bits per heavy atom. The van der Waals surface area contributed by atoms with Gasteiger partial charge in [0.2, 0.25) is 0 Å². The summed E-state index contributed by atoms with van der Waals surface area (Å²) in [5.41, 5.74) is 0. The smallest absolute Gasteiger partial charge is 0.450 e. The fourth-order valence-corrected chi connectivity index (χ4v) is 0.472. The van der Waals surface area contributed by atoms with Crippen molar-refractivity contribution in [3.05, 3.63) is 0 Å². The number of hydrogen-bond donors (Lipinski definition) is 2. The lowest BCUT2D eigenvalue weighted by atomic mass is 10.4. The fraction of sp³-hybridized carbons (Fsp3) is 0.667. The quantitative estimate of drug-likeness (QED) is 0.598. The van der Waals surface area contributed by atoms with Gasteiger partial charge in [-0.15, -0.1) is 0 Å². The SMILES string of the molecule is COC(=O)OC(CO)COC(=O)O. The zero-order valence-electron chi connectivity index (χ0n) is 6.93. The van der Waals surface area contributed by atoms with Crippen LogP contribution in [0.25, 0.3) is 0 Å². The van der Waals surface area contributed by atoms with Crippen LogP contribution in [0.1, 0.15) is 0 Å². The highest BCUT2D eigenvalue weighted by Crippen LogP contribution is 1.95. The second kappa shape index (κ2) is 6.06. The molecular weight excluding hydrogens is 184 g/mol. The Morgan fingerprint density at radius 1 is 1.46 bits per heavy atom. The molecule has 0 spiro atoms. The van der Waals surface area contributed by atoms with Gasteiger partial charge < -0.3 is 24.4 Å². The van der Waals surface area contributed by atoms with E-state index in [0.717, 1.165) is 7.11 Å². The lowest BCUT2D eigenvalue weighted by Gasteiger charge is -2.12.